The van der Waals surface area contributed by atoms with Crippen LogP contribution >= 0.6 is 0 Å². The Kier molecular flexibility index (Phi) is 6.24. The molecule has 0 saturated carbocycles. The van der Waals surface area contributed by atoms with E-state index in [2.05, 4.69) is 23.5 Å². The van der Waals surface area contributed by atoms with Gasteiger partial charge < -0.3 is 15.0 Å². The molecule has 0 radical (unpaired) electrons. The molecule has 26 heavy (non-hydrogen) atoms. The lowest BCUT2D eigenvalue weighted by molar-refractivity contribution is 0.147. The van der Waals surface area contributed by atoms with Crippen molar-refractivity contribution in [1.29, 1.82) is 5.26 Å². The van der Waals surface area contributed by atoms with Gasteiger partial charge in [-0.25, -0.2) is 4.79 Å². The SMILES string of the molecule is N#Cc1cccc(CNC(=O)N(CCc2ccccc2)[C@H]2CCOC2)c1. The second kappa shape index (κ2) is 9.02. The van der Waals surface area contributed by atoms with E-state index in [-0.39, 0.29) is 12.1 Å². The van der Waals surface area contributed by atoms with Crippen molar-refractivity contribution in [2.24, 2.45) is 0 Å². The van der Waals surface area contributed by atoms with Gasteiger partial charge in [-0.1, -0.05) is 42.5 Å². The first-order chi connectivity index (χ1) is 12.8. The van der Waals surface area contributed by atoms with E-state index in [1.54, 1.807) is 12.1 Å². The minimum Gasteiger partial charge on any atom is -0.379 e. The molecule has 1 fully saturated rings. The van der Waals surface area contributed by atoms with E-state index in [1.807, 2.05) is 35.2 Å². The summed E-state index contributed by atoms with van der Waals surface area (Å²) in [4.78, 5) is 14.7. The van der Waals surface area contributed by atoms with Crippen molar-refractivity contribution in [1.82, 2.24) is 10.2 Å². The van der Waals surface area contributed by atoms with E-state index in [0.29, 0.717) is 31.9 Å². The smallest absolute Gasteiger partial charge is 0.318 e. The van der Waals surface area contributed by atoms with Gasteiger partial charge in [0.05, 0.1) is 24.3 Å². The number of ether oxygens (including phenoxy) is 1. The number of hydrogen-bond acceptors (Lipinski definition) is 3. The molecule has 0 spiro atoms. The second-order valence-corrected chi connectivity index (χ2v) is 6.42. The van der Waals surface area contributed by atoms with E-state index < -0.39 is 0 Å². The van der Waals surface area contributed by atoms with E-state index >= 15 is 0 Å². The minimum atomic E-state index is -0.0845. The topological polar surface area (TPSA) is 65.4 Å². The maximum absolute atomic E-state index is 12.8. The van der Waals surface area contributed by atoms with Crippen molar-refractivity contribution in [2.45, 2.75) is 25.4 Å². The standard InChI is InChI=1S/C21H23N3O2/c22-14-18-7-4-8-19(13-18)15-23-21(25)24(20-10-12-26-16-20)11-9-17-5-2-1-3-6-17/h1-8,13,20H,9-12,15-16H2,(H,23,25)/t20-/m0/s1. The quantitative estimate of drug-likeness (QED) is 0.871. The summed E-state index contributed by atoms with van der Waals surface area (Å²) in [5.74, 6) is 0. The average Bonchev–Trinajstić information content (AvgIpc) is 3.22. The van der Waals surface area contributed by atoms with Crippen LogP contribution in [0.3, 0.4) is 0 Å². The van der Waals surface area contributed by atoms with Crippen molar-refractivity contribution in [3.8, 4) is 6.07 Å². The fourth-order valence-electron chi connectivity index (χ4n) is 3.14. The molecule has 0 bridgehead atoms. The Morgan fingerprint density at radius 3 is 2.73 bits per heavy atom. The van der Waals surface area contributed by atoms with Crippen LogP contribution in [0.1, 0.15) is 23.1 Å². The van der Waals surface area contributed by atoms with Gasteiger partial charge in [-0.05, 0) is 36.1 Å². The third-order valence-corrected chi connectivity index (χ3v) is 4.59. The number of amides is 2. The zero-order valence-corrected chi connectivity index (χ0v) is 14.7. The average molecular weight is 349 g/mol. The number of carbonyl (C=O) groups is 1. The first-order valence-electron chi connectivity index (χ1n) is 8.91. The van der Waals surface area contributed by atoms with Crippen molar-refractivity contribution in [2.75, 3.05) is 19.8 Å². The monoisotopic (exact) mass is 349 g/mol. The number of benzene rings is 2. The van der Waals surface area contributed by atoms with Gasteiger partial charge in [-0.3, -0.25) is 0 Å². The molecule has 0 aliphatic carbocycles. The van der Waals surface area contributed by atoms with Gasteiger partial charge in [-0.15, -0.1) is 0 Å². The number of nitrogens with zero attached hydrogens (tertiary/aromatic N) is 2. The fourth-order valence-corrected chi connectivity index (χ4v) is 3.14. The van der Waals surface area contributed by atoms with Gasteiger partial charge in [-0.2, -0.15) is 5.26 Å². The fraction of sp³-hybridized carbons (Fsp3) is 0.333. The summed E-state index contributed by atoms with van der Waals surface area (Å²) in [5.41, 5.74) is 2.73. The van der Waals surface area contributed by atoms with Gasteiger partial charge >= 0.3 is 6.03 Å². The zero-order chi connectivity index (χ0) is 18.2. The second-order valence-electron chi connectivity index (χ2n) is 6.42. The maximum Gasteiger partial charge on any atom is 0.318 e. The third-order valence-electron chi connectivity index (χ3n) is 4.59. The highest BCUT2D eigenvalue weighted by Gasteiger charge is 2.27. The largest absolute Gasteiger partial charge is 0.379 e. The molecule has 1 aliphatic heterocycles. The molecule has 0 aromatic heterocycles. The van der Waals surface area contributed by atoms with Crippen LogP contribution in [0.4, 0.5) is 4.79 Å². The van der Waals surface area contributed by atoms with Crippen LogP contribution in [-0.4, -0.2) is 36.7 Å². The molecule has 1 N–H and O–H groups in total. The summed E-state index contributed by atoms with van der Waals surface area (Å²) in [7, 11) is 0. The van der Waals surface area contributed by atoms with Gasteiger partial charge in [0, 0.05) is 19.7 Å². The molecule has 1 saturated heterocycles. The molecule has 1 aliphatic rings. The molecule has 2 amide bonds. The summed E-state index contributed by atoms with van der Waals surface area (Å²) in [6, 6.07) is 19.6. The minimum absolute atomic E-state index is 0.0845. The lowest BCUT2D eigenvalue weighted by Gasteiger charge is -2.28. The van der Waals surface area contributed by atoms with Crippen LogP contribution in [-0.2, 0) is 17.7 Å². The number of carbonyl (C=O) groups excluding carboxylic acids is 1. The molecule has 2 aromatic carbocycles. The first kappa shape index (κ1) is 18.0. The Morgan fingerprint density at radius 1 is 1.19 bits per heavy atom. The number of nitriles is 1. The summed E-state index contributed by atoms with van der Waals surface area (Å²) in [6.45, 7) is 2.35. The third kappa shape index (κ3) is 4.84. The molecular formula is C21H23N3O2. The van der Waals surface area contributed by atoms with Gasteiger partial charge in [0.25, 0.3) is 0 Å². The summed E-state index contributed by atoms with van der Waals surface area (Å²) < 4.78 is 5.48. The van der Waals surface area contributed by atoms with Crippen LogP contribution in [0.15, 0.2) is 54.6 Å². The van der Waals surface area contributed by atoms with E-state index in [0.717, 1.165) is 18.4 Å². The van der Waals surface area contributed by atoms with Crippen LogP contribution in [0, 0.1) is 11.3 Å². The molecule has 134 valence electrons. The summed E-state index contributed by atoms with van der Waals surface area (Å²) in [5, 5.41) is 12.0. The van der Waals surface area contributed by atoms with E-state index in [4.69, 9.17) is 10.00 Å². The predicted molar refractivity (Wildman–Crippen MR) is 99.5 cm³/mol. The Balaban J connectivity index is 1.61. The first-order valence-corrected chi connectivity index (χ1v) is 8.91. The summed E-state index contributed by atoms with van der Waals surface area (Å²) in [6.07, 6.45) is 1.68. The lowest BCUT2D eigenvalue weighted by Crippen LogP contribution is -2.47. The van der Waals surface area contributed by atoms with E-state index in [9.17, 15) is 4.79 Å². The molecule has 5 heteroatoms. The van der Waals surface area contributed by atoms with Crippen LogP contribution in [0.5, 0.6) is 0 Å². The predicted octanol–water partition coefficient (Wildman–Crippen LogP) is 3.10. The maximum atomic E-state index is 12.8. The molecule has 1 atom stereocenters. The van der Waals surface area contributed by atoms with Crippen molar-refractivity contribution >= 4 is 6.03 Å². The van der Waals surface area contributed by atoms with Crippen molar-refractivity contribution < 1.29 is 9.53 Å². The number of rotatable bonds is 6. The van der Waals surface area contributed by atoms with Crippen LogP contribution < -0.4 is 5.32 Å². The molecule has 5 nitrogen and oxygen atoms in total. The Bertz CT molecular complexity index is 764. The molecule has 1 heterocycles. The normalized spacial score (nSPS) is 16.0. The Labute approximate surface area is 154 Å². The van der Waals surface area contributed by atoms with Crippen molar-refractivity contribution in [3.05, 3.63) is 71.3 Å². The van der Waals surface area contributed by atoms with E-state index in [1.165, 1.54) is 5.56 Å². The Morgan fingerprint density at radius 2 is 2.00 bits per heavy atom. The van der Waals surface area contributed by atoms with Gasteiger partial charge in [0.1, 0.15) is 0 Å². The number of nitrogens with one attached hydrogen (secondary N) is 1. The van der Waals surface area contributed by atoms with Gasteiger partial charge in [0.2, 0.25) is 0 Å². The zero-order valence-electron chi connectivity index (χ0n) is 14.7. The molecule has 0 unspecified atom stereocenters. The summed E-state index contributed by atoms with van der Waals surface area (Å²) >= 11 is 0. The lowest BCUT2D eigenvalue weighted by atomic mass is 10.1. The molecule has 2 aromatic rings. The molecule has 3 rings (SSSR count). The van der Waals surface area contributed by atoms with Crippen LogP contribution in [0.25, 0.3) is 0 Å². The van der Waals surface area contributed by atoms with Crippen molar-refractivity contribution in [3.63, 3.8) is 0 Å². The highest BCUT2D eigenvalue weighted by Crippen LogP contribution is 2.14. The highest BCUT2D eigenvalue weighted by molar-refractivity contribution is 5.74. The number of urea groups is 1. The molecular weight excluding hydrogens is 326 g/mol. The van der Waals surface area contributed by atoms with Crippen LogP contribution in [0.2, 0.25) is 0 Å². The number of hydrogen-bond donors (Lipinski definition) is 1. The highest BCUT2D eigenvalue weighted by atomic mass is 16.5. The van der Waals surface area contributed by atoms with Gasteiger partial charge in [0.15, 0.2) is 0 Å². The Hall–Kier alpha value is -2.84.